The highest BCUT2D eigenvalue weighted by Gasteiger charge is 2.26. The number of rotatable bonds is 10. The van der Waals surface area contributed by atoms with Crippen LogP contribution in [-0.4, -0.2) is 160 Å². The van der Waals surface area contributed by atoms with Crippen LogP contribution in [0, 0.1) is 35.5 Å². The summed E-state index contributed by atoms with van der Waals surface area (Å²) in [6, 6.07) is 0.919. The van der Waals surface area contributed by atoms with Gasteiger partial charge in [-0.3, -0.25) is 19.2 Å². The Kier molecular flexibility index (Phi) is 33.0. The Labute approximate surface area is 360 Å². The lowest BCUT2D eigenvalue weighted by Gasteiger charge is -2.35. The highest BCUT2D eigenvalue weighted by Crippen LogP contribution is 2.22. The zero-order valence-corrected chi connectivity index (χ0v) is 41.7. The summed E-state index contributed by atoms with van der Waals surface area (Å²) in [5, 5.41) is 0. The second-order valence-corrected chi connectivity index (χ2v) is 18.4. The van der Waals surface area contributed by atoms with Crippen LogP contribution < -0.4 is 0 Å². The van der Waals surface area contributed by atoms with Gasteiger partial charge in [0.2, 0.25) is 11.8 Å². The average Bonchev–Trinajstić information content (AvgIpc) is 3.21. The lowest BCUT2D eigenvalue weighted by atomic mass is 9.89. The summed E-state index contributed by atoms with van der Waals surface area (Å²) in [5.41, 5.74) is 0. The van der Waals surface area contributed by atoms with Gasteiger partial charge in [0.25, 0.3) is 0 Å². The molecule has 0 N–H and O–H groups in total. The van der Waals surface area contributed by atoms with Gasteiger partial charge in [-0.2, -0.15) is 0 Å². The minimum absolute atomic E-state index is 0.125. The normalized spacial score (nSPS) is 19.3. The third-order valence-electron chi connectivity index (χ3n) is 12.1. The molecular weight excluding hydrogens is 725 g/mol. The lowest BCUT2D eigenvalue weighted by Crippen LogP contribution is -2.45. The van der Waals surface area contributed by atoms with Crippen molar-refractivity contribution >= 4 is 23.4 Å². The number of Topliss-reactive ketones (excluding diaryl/α,β-unsaturated/α-hetero) is 2. The van der Waals surface area contributed by atoms with E-state index in [1.165, 1.54) is 25.7 Å². The van der Waals surface area contributed by atoms with Gasteiger partial charge in [0, 0.05) is 62.7 Å². The second-order valence-electron chi connectivity index (χ2n) is 18.4. The smallest absolute Gasteiger partial charge is 0.225 e. The van der Waals surface area contributed by atoms with Gasteiger partial charge in [-0.15, -0.1) is 0 Å². The van der Waals surface area contributed by atoms with Crippen molar-refractivity contribution in [3.8, 4) is 0 Å². The second kappa shape index (κ2) is 32.8. The number of piperidine rings is 4. The fraction of sp³-hybridized carbons (Fsp3) is 0.917. The van der Waals surface area contributed by atoms with Gasteiger partial charge in [-0.25, -0.2) is 0 Å². The topological polar surface area (TPSA) is 87.7 Å². The van der Waals surface area contributed by atoms with Gasteiger partial charge in [0.05, 0.1) is 0 Å². The molecule has 0 aromatic rings. The number of likely N-dealkylation sites (tertiary alicyclic amines) is 4. The Morgan fingerprint density at radius 2 is 0.621 bits per heavy atom. The average molecular weight is 823 g/mol. The maximum Gasteiger partial charge on any atom is 0.225 e. The molecule has 0 aliphatic carbocycles. The van der Waals surface area contributed by atoms with Crippen molar-refractivity contribution in [3.05, 3.63) is 0 Å². The molecule has 4 heterocycles. The van der Waals surface area contributed by atoms with Gasteiger partial charge in [0.1, 0.15) is 11.6 Å². The van der Waals surface area contributed by atoms with E-state index in [0.717, 1.165) is 90.9 Å². The van der Waals surface area contributed by atoms with Gasteiger partial charge >= 0.3 is 0 Å². The van der Waals surface area contributed by atoms with Crippen molar-refractivity contribution in [1.29, 1.82) is 0 Å². The molecule has 0 unspecified atom stereocenters. The summed E-state index contributed by atoms with van der Waals surface area (Å²) in [7, 11) is 12.5. The first-order chi connectivity index (χ1) is 27.2. The van der Waals surface area contributed by atoms with Crippen molar-refractivity contribution in [2.24, 2.45) is 35.5 Å². The molecule has 10 nitrogen and oxygen atoms in total. The molecule has 4 rings (SSSR count). The van der Waals surface area contributed by atoms with Crippen molar-refractivity contribution in [3.63, 3.8) is 0 Å². The van der Waals surface area contributed by atoms with E-state index in [4.69, 9.17) is 0 Å². The Morgan fingerprint density at radius 1 is 0.414 bits per heavy atom. The highest BCUT2D eigenvalue weighted by molar-refractivity contribution is 5.81. The minimum atomic E-state index is 0.125. The molecule has 4 saturated heterocycles. The van der Waals surface area contributed by atoms with Crippen LogP contribution in [0.25, 0.3) is 0 Å². The number of ketones is 2. The van der Waals surface area contributed by atoms with E-state index in [1.807, 2.05) is 107 Å². The Bertz CT molecular complexity index is 982. The first kappa shape index (κ1) is 58.2. The van der Waals surface area contributed by atoms with Crippen molar-refractivity contribution in [1.82, 2.24) is 29.4 Å². The molecule has 0 atom stereocenters. The fourth-order valence-corrected chi connectivity index (χ4v) is 7.51. The molecule has 0 spiro atoms. The van der Waals surface area contributed by atoms with E-state index in [9.17, 15) is 19.2 Å². The van der Waals surface area contributed by atoms with E-state index >= 15 is 0 Å². The molecule has 2 amide bonds. The number of carbonyl (C=O) groups excluding carboxylic acids is 4. The van der Waals surface area contributed by atoms with E-state index < -0.39 is 0 Å². The Hall–Kier alpha value is -1.88. The van der Waals surface area contributed by atoms with Crippen LogP contribution in [0.4, 0.5) is 0 Å². The van der Waals surface area contributed by atoms with Crippen LogP contribution >= 0.6 is 0 Å². The Morgan fingerprint density at radius 3 is 0.810 bits per heavy atom. The molecule has 0 bridgehead atoms. The molecule has 4 fully saturated rings. The van der Waals surface area contributed by atoms with Crippen LogP contribution in [-0.2, 0) is 19.2 Å². The molecule has 0 radical (unpaired) electrons. The fourth-order valence-electron chi connectivity index (χ4n) is 7.51. The summed E-state index contributed by atoms with van der Waals surface area (Å²) in [4.78, 5) is 59.6. The number of nitrogens with zero attached hydrogens (tertiary/aromatic N) is 6. The summed E-state index contributed by atoms with van der Waals surface area (Å²) >= 11 is 0. The number of hydrogen-bond acceptors (Lipinski definition) is 8. The molecule has 0 saturated carbocycles. The summed E-state index contributed by atoms with van der Waals surface area (Å²) in [6.45, 7) is 33.0. The predicted octanol–water partition coefficient (Wildman–Crippen LogP) is 8.33. The zero-order chi connectivity index (χ0) is 45.1. The molecule has 0 aromatic heterocycles. The first-order valence-corrected chi connectivity index (χ1v) is 23.6. The monoisotopic (exact) mass is 823 g/mol. The predicted molar refractivity (Wildman–Crippen MR) is 248 cm³/mol. The van der Waals surface area contributed by atoms with Gasteiger partial charge in [-0.05, 0) is 144 Å². The standard InChI is InChI=1S/2C11H22N2O.2C11H21NO.2C2H6/c2*1-9(2)11(14)13(4)10-5-7-12(3)8-6-10;2*1-9(2)11(13)8-10-4-6-12(3)7-5-10;2*1-2/h2*9-10H,5-8H2,1-4H3;2*9-10H,4-8H2,1-3H3;2*1-2H3. The van der Waals surface area contributed by atoms with Crippen molar-refractivity contribution < 1.29 is 19.2 Å². The van der Waals surface area contributed by atoms with Crippen LogP contribution in [0.15, 0.2) is 0 Å². The van der Waals surface area contributed by atoms with Crippen LogP contribution in [0.1, 0.15) is 147 Å². The SMILES string of the molecule is CC.CC.CC(C)C(=O)CC1CCN(C)CC1.CC(C)C(=O)CC1CCN(C)CC1.CC(C)C(=O)N(C)C1CCN(C)CC1.CC(C)C(=O)N(C)C1CCN(C)CC1. The van der Waals surface area contributed by atoms with E-state index in [0.29, 0.717) is 35.5 Å². The Balaban J connectivity index is 0. The van der Waals surface area contributed by atoms with Crippen molar-refractivity contribution in [2.45, 2.75) is 159 Å². The summed E-state index contributed by atoms with van der Waals surface area (Å²) in [5.74, 6) is 3.44. The largest absolute Gasteiger partial charge is 0.342 e. The molecule has 10 heteroatoms. The zero-order valence-electron chi connectivity index (χ0n) is 41.7. The van der Waals surface area contributed by atoms with Crippen molar-refractivity contribution in [2.75, 3.05) is 94.6 Å². The summed E-state index contributed by atoms with van der Waals surface area (Å²) < 4.78 is 0. The molecule has 58 heavy (non-hydrogen) atoms. The quantitative estimate of drug-likeness (QED) is 0.218. The molecule has 0 aromatic carbocycles. The van der Waals surface area contributed by atoms with Gasteiger partial charge in [-0.1, -0.05) is 83.1 Å². The maximum absolute atomic E-state index is 11.7. The highest BCUT2D eigenvalue weighted by atomic mass is 16.2. The van der Waals surface area contributed by atoms with E-state index in [1.54, 1.807) is 0 Å². The minimum Gasteiger partial charge on any atom is -0.342 e. The van der Waals surface area contributed by atoms with Crippen LogP contribution in [0.3, 0.4) is 0 Å². The van der Waals surface area contributed by atoms with Gasteiger partial charge < -0.3 is 29.4 Å². The number of carbonyl (C=O) groups is 4. The summed E-state index contributed by atoms with van der Waals surface area (Å²) in [6.07, 6.45) is 10.9. The van der Waals surface area contributed by atoms with Crippen LogP contribution in [0.5, 0.6) is 0 Å². The number of amides is 2. The molecular formula is C48H98N6O4. The third-order valence-corrected chi connectivity index (χ3v) is 12.1. The first-order valence-electron chi connectivity index (χ1n) is 23.6. The van der Waals surface area contributed by atoms with E-state index in [2.05, 4.69) is 47.8 Å². The molecule has 4 aliphatic rings. The van der Waals surface area contributed by atoms with Crippen LogP contribution in [0.2, 0.25) is 0 Å². The molecule has 4 aliphatic heterocycles. The van der Waals surface area contributed by atoms with E-state index in [-0.39, 0.29) is 35.5 Å². The maximum atomic E-state index is 11.7. The molecule has 344 valence electrons. The number of hydrogen-bond donors (Lipinski definition) is 0. The lowest BCUT2D eigenvalue weighted by molar-refractivity contribution is -0.136. The third kappa shape index (κ3) is 25.0. The van der Waals surface area contributed by atoms with Gasteiger partial charge in [0.15, 0.2) is 0 Å².